The summed E-state index contributed by atoms with van der Waals surface area (Å²) in [4.78, 5) is 18.0. The standard InChI is InChI=1S/C20H33N5O.HI/c1-15-11-16(2)13-17(12-15)5-8-23-20(22-4)24-18-6-9-25(10-7-18)14-19(26)21-3;/h11-13,18H,5-10,14H2,1-4H3,(H,21,26)(H2,22,23,24);1H. The van der Waals surface area contributed by atoms with Crippen molar-refractivity contribution >= 4 is 35.8 Å². The number of nitrogens with one attached hydrogen (secondary N) is 3. The number of benzene rings is 1. The molecule has 1 aliphatic heterocycles. The summed E-state index contributed by atoms with van der Waals surface area (Å²) in [7, 11) is 3.50. The molecule has 0 radical (unpaired) electrons. The number of likely N-dealkylation sites (tertiary alicyclic amines) is 1. The van der Waals surface area contributed by atoms with Crippen LogP contribution in [0.25, 0.3) is 0 Å². The molecule has 1 fully saturated rings. The summed E-state index contributed by atoms with van der Waals surface area (Å²) in [6.45, 7) is 7.50. The van der Waals surface area contributed by atoms with Crippen molar-refractivity contribution in [3.8, 4) is 0 Å². The van der Waals surface area contributed by atoms with Crippen LogP contribution in [-0.4, -0.2) is 63.1 Å². The van der Waals surface area contributed by atoms with Gasteiger partial charge in [0.25, 0.3) is 0 Å². The first-order chi connectivity index (χ1) is 12.5. The van der Waals surface area contributed by atoms with E-state index in [1.54, 1.807) is 7.05 Å². The molecule has 1 aromatic rings. The zero-order chi connectivity index (χ0) is 18.9. The Labute approximate surface area is 180 Å². The van der Waals surface area contributed by atoms with Gasteiger partial charge in [0, 0.05) is 39.8 Å². The molecule has 6 nitrogen and oxygen atoms in total. The molecule has 27 heavy (non-hydrogen) atoms. The minimum Gasteiger partial charge on any atom is -0.358 e. The van der Waals surface area contributed by atoms with Gasteiger partial charge in [-0.15, -0.1) is 24.0 Å². The number of aliphatic imine (C=N–C) groups is 1. The van der Waals surface area contributed by atoms with Gasteiger partial charge in [-0.3, -0.25) is 14.7 Å². The molecule has 0 saturated carbocycles. The summed E-state index contributed by atoms with van der Waals surface area (Å²) >= 11 is 0. The van der Waals surface area contributed by atoms with Crippen LogP contribution < -0.4 is 16.0 Å². The Kier molecular flexibility index (Phi) is 10.7. The molecule has 0 aliphatic carbocycles. The Morgan fingerprint density at radius 2 is 1.81 bits per heavy atom. The number of hydrogen-bond acceptors (Lipinski definition) is 3. The molecule has 1 amide bonds. The van der Waals surface area contributed by atoms with E-state index in [1.165, 1.54) is 16.7 Å². The minimum atomic E-state index is 0. The van der Waals surface area contributed by atoms with Crippen LogP contribution in [0.4, 0.5) is 0 Å². The molecule has 1 aromatic carbocycles. The number of aryl methyl sites for hydroxylation is 2. The summed E-state index contributed by atoms with van der Waals surface area (Å²) < 4.78 is 0. The predicted molar refractivity (Wildman–Crippen MR) is 123 cm³/mol. The van der Waals surface area contributed by atoms with Gasteiger partial charge in [-0.25, -0.2) is 0 Å². The fourth-order valence-electron chi connectivity index (χ4n) is 3.44. The van der Waals surface area contributed by atoms with Crippen LogP contribution in [0.5, 0.6) is 0 Å². The molecule has 1 aliphatic rings. The van der Waals surface area contributed by atoms with Gasteiger partial charge in [-0.05, 0) is 38.7 Å². The second kappa shape index (κ2) is 12.2. The zero-order valence-electron chi connectivity index (χ0n) is 17.0. The first-order valence-electron chi connectivity index (χ1n) is 9.47. The van der Waals surface area contributed by atoms with E-state index in [-0.39, 0.29) is 29.9 Å². The summed E-state index contributed by atoms with van der Waals surface area (Å²) in [5.41, 5.74) is 3.98. The largest absolute Gasteiger partial charge is 0.358 e. The Morgan fingerprint density at radius 3 is 2.37 bits per heavy atom. The van der Waals surface area contributed by atoms with E-state index >= 15 is 0 Å². The van der Waals surface area contributed by atoms with E-state index in [0.717, 1.165) is 44.9 Å². The second-order valence-electron chi connectivity index (χ2n) is 7.11. The number of carbonyl (C=O) groups is 1. The van der Waals surface area contributed by atoms with Crippen molar-refractivity contribution in [3.05, 3.63) is 34.9 Å². The van der Waals surface area contributed by atoms with Gasteiger partial charge in [0.1, 0.15) is 0 Å². The molecule has 2 rings (SSSR count). The van der Waals surface area contributed by atoms with E-state index in [2.05, 4.69) is 57.9 Å². The minimum absolute atomic E-state index is 0. The lowest BCUT2D eigenvalue weighted by atomic mass is 10.0. The second-order valence-corrected chi connectivity index (χ2v) is 7.11. The molecule has 0 spiro atoms. The molecular formula is C20H34IN5O. The van der Waals surface area contributed by atoms with Gasteiger partial charge < -0.3 is 16.0 Å². The monoisotopic (exact) mass is 487 g/mol. The van der Waals surface area contributed by atoms with E-state index < -0.39 is 0 Å². The first-order valence-corrected chi connectivity index (χ1v) is 9.47. The van der Waals surface area contributed by atoms with E-state index in [9.17, 15) is 4.79 Å². The van der Waals surface area contributed by atoms with Gasteiger partial charge >= 0.3 is 0 Å². The van der Waals surface area contributed by atoms with Crippen LogP contribution in [0.2, 0.25) is 0 Å². The molecule has 1 saturated heterocycles. The number of rotatable bonds is 6. The predicted octanol–water partition coefficient (Wildman–Crippen LogP) is 1.84. The van der Waals surface area contributed by atoms with Crippen LogP contribution in [0.1, 0.15) is 29.5 Å². The fourth-order valence-corrected chi connectivity index (χ4v) is 3.44. The normalized spacial score (nSPS) is 15.8. The Morgan fingerprint density at radius 1 is 1.19 bits per heavy atom. The third-order valence-corrected chi connectivity index (χ3v) is 4.79. The quantitative estimate of drug-likeness (QED) is 0.326. The van der Waals surface area contributed by atoms with E-state index in [1.807, 2.05) is 7.05 Å². The Hall–Kier alpha value is -1.35. The molecule has 7 heteroatoms. The number of piperidine rings is 1. The topological polar surface area (TPSA) is 68.8 Å². The highest BCUT2D eigenvalue weighted by Gasteiger charge is 2.21. The zero-order valence-corrected chi connectivity index (χ0v) is 19.3. The Bertz CT molecular complexity index is 607. The first kappa shape index (κ1) is 23.7. The van der Waals surface area contributed by atoms with Gasteiger partial charge in [0.05, 0.1) is 6.54 Å². The molecule has 1 heterocycles. The summed E-state index contributed by atoms with van der Waals surface area (Å²) in [6, 6.07) is 7.09. The molecule has 0 atom stereocenters. The van der Waals surface area contributed by atoms with Crippen molar-refractivity contribution in [1.29, 1.82) is 0 Å². The number of hydrogen-bond donors (Lipinski definition) is 3. The van der Waals surface area contributed by atoms with Gasteiger partial charge in [-0.1, -0.05) is 29.3 Å². The van der Waals surface area contributed by atoms with Crippen LogP contribution in [0.15, 0.2) is 23.2 Å². The average Bonchev–Trinajstić information content (AvgIpc) is 2.61. The van der Waals surface area contributed by atoms with Crippen molar-refractivity contribution in [2.45, 2.75) is 39.2 Å². The maximum Gasteiger partial charge on any atom is 0.233 e. The van der Waals surface area contributed by atoms with Crippen molar-refractivity contribution in [3.63, 3.8) is 0 Å². The van der Waals surface area contributed by atoms with Crippen molar-refractivity contribution in [1.82, 2.24) is 20.9 Å². The number of guanidine groups is 1. The molecular weight excluding hydrogens is 453 g/mol. The average molecular weight is 487 g/mol. The number of halogens is 1. The van der Waals surface area contributed by atoms with Crippen LogP contribution in [-0.2, 0) is 11.2 Å². The van der Waals surface area contributed by atoms with Crippen LogP contribution in [0, 0.1) is 13.8 Å². The smallest absolute Gasteiger partial charge is 0.233 e. The maximum absolute atomic E-state index is 11.5. The number of nitrogens with zero attached hydrogens (tertiary/aromatic N) is 2. The third kappa shape index (κ3) is 8.47. The number of likely N-dealkylation sites (N-methyl/N-ethyl adjacent to an activating group) is 1. The van der Waals surface area contributed by atoms with Gasteiger partial charge in [-0.2, -0.15) is 0 Å². The molecule has 3 N–H and O–H groups in total. The highest BCUT2D eigenvalue weighted by atomic mass is 127. The highest BCUT2D eigenvalue weighted by Crippen LogP contribution is 2.10. The third-order valence-electron chi connectivity index (χ3n) is 4.79. The van der Waals surface area contributed by atoms with Crippen molar-refractivity contribution in [2.24, 2.45) is 4.99 Å². The lowest BCUT2D eigenvalue weighted by molar-refractivity contribution is -0.122. The van der Waals surface area contributed by atoms with E-state index in [4.69, 9.17) is 0 Å². The Balaban J connectivity index is 0.00000364. The van der Waals surface area contributed by atoms with Gasteiger partial charge in [0.15, 0.2) is 5.96 Å². The van der Waals surface area contributed by atoms with Gasteiger partial charge in [0.2, 0.25) is 5.91 Å². The summed E-state index contributed by atoms with van der Waals surface area (Å²) in [6.07, 6.45) is 3.03. The van der Waals surface area contributed by atoms with E-state index in [0.29, 0.717) is 12.6 Å². The maximum atomic E-state index is 11.5. The van der Waals surface area contributed by atoms with Crippen LogP contribution >= 0.6 is 24.0 Å². The molecule has 0 aromatic heterocycles. The molecule has 0 bridgehead atoms. The molecule has 152 valence electrons. The van der Waals surface area contributed by atoms with Crippen molar-refractivity contribution in [2.75, 3.05) is 40.3 Å². The van der Waals surface area contributed by atoms with Crippen LogP contribution in [0.3, 0.4) is 0 Å². The number of amides is 1. The lowest BCUT2D eigenvalue weighted by Crippen LogP contribution is -2.50. The summed E-state index contributed by atoms with van der Waals surface area (Å²) in [5, 5.41) is 9.62. The van der Waals surface area contributed by atoms with Crippen molar-refractivity contribution < 1.29 is 4.79 Å². The fraction of sp³-hybridized carbons (Fsp3) is 0.600. The lowest BCUT2D eigenvalue weighted by Gasteiger charge is -2.32. The highest BCUT2D eigenvalue weighted by molar-refractivity contribution is 14.0. The number of carbonyl (C=O) groups excluding carboxylic acids is 1. The molecule has 0 unspecified atom stereocenters. The SMILES string of the molecule is CN=C(NCCc1cc(C)cc(C)c1)NC1CCN(CC(=O)NC)CC1.I. The summed E-state index contributed by atoms with van der Waals surface area (Å²) in [5.74, 6) is 0.944.